The zero-order valence-electron chi connectivity index (χ0n) is 25.4. The van der Waals surface area contributed by atoms with Gasteiger partial charge in [-0.25, -0.2) is 4.79 Å². The molecule has 2 saturated carbocycles. The van der Waals surface area contributed by atoms with E-state index in [2.05, 4.69) is 13.0 Å². The molecular weight excluding hydrogens is 605 g/mol. The summed E-state index contributed by atoms with van der Waals surface area (Å²) in [4.78, 5) is 27.5. The predicted octanol–water partition coefficient (Wildman–Crippen LogP) is 6.98. The van der Waals surface area contributed by atoms with E-state index in [0.717, 1.165) is 30.4 Å². The normalized spacial score (nSPS) is 29.5. The molecule has 6 atom stereocenters. The van der Waals surface area contributed by atoms with E-state index < -0.39 is 41.8 Å². The van der Waals surface area contributed by atoms with Gasteiger partial charge in [0.1, 0.15) is 11.5 Å². The number of aryl methyl sites for hydroxylation is 1. The molecular formula is C32H42F5NO5S. The lowest BCUT2D eigenvalue weighted by Crippen LogP contribution is -2.46. The van der Waals surface area contributed by atoms with Gasteiger partial charge in [-0.2, -0.15) is 22.0 Å². The molecule has 5 rings (SSSR count). The number of ketones is 1. The summed E-state index contributed by atoms with van der Waals surface area (Å²) in [6, 6.07) is 4.11. The average molecular weight is 648 g/mol. The molecule has 1 aromatic rings. The van der Waals surface area contributed by atoms with Gasteiger partial charge in [-0.15, -0.1) is 0 Å². The van der Waals surface area contributed by atoms with Crippen molar-refractivity contribution in [2.75, 3.05) is 37.8 Å². The Balaban J connectivity index is 1.29. The average Bonchev–Trinajstić information content (AvgIpc) is 3.27. The van der Waals surface area contributed by atoms with Crippen LogP contribution in [0.4, 0.5) is 26.7 Å². The van der Waals surface area contributed by atoms with Crippen molar-refractivity contribution in [1.29, 1.82) is 0 Å². The minimum absolute atomic E-state index is 0.181. The quantitative estimate of drug-likeness (QED) is 0.271. The molecule has 1 aromatic carbocycles. The molecule has 1 aliphatic heterocycles. The fraction of sp³-hybridized carbons (Fsp3) is 0.750. The van der Waals surface area contributed by atoms with Gasteiger partial charge >= 0.3 is 18.2 Å². The summed E-state index contributed by atoms with van der Waals surface area (Å²) in [7, 11) is -1.50. The van der Waals surface area contributed by atoms with Crippen LogP contribution in [0, 0.1) is 30.1 Å². The van der Waals surface area contributed by atoms with E-state index in [4.69, 9.17) is 9.47 Å². The molecule has 3 aliphatic carbocycles. The standard InChI is InChI=1S/C32H42F5NO5S/c1-20-17-24-22(19-26(20)43-29(40)38-11-13-42-14-12-38)18-21(28-23(24)8-10-30(2)25(28)6-7-27(30)39)5-3-15-44(41)16-4-9-31(33,34)32(35,36)37/h17,19,21,23,25,28H,3-16,18H2,1-2H3/t21-,23-,25+,28-,30+,44?/m1/s1. The van der Waals surface area contributed by atoms with Crippen LogP contribution in [-0.4, -0.2) is 70.9 Å². The van der Waals surface area contributed by atoms with Crippen molar-refractivity contribution < 1.29 is 45.2 Å². The predicted molar refractivity (Wildman–Crippen MR) is 155 cm³/mol. The van der Waals surface area contributed by atoms with Gasteiger partial charge in [0.15, 0.2) is 0 Å². The van der Waals surface area contributed by atoms with Crippen molar-refractivity contribution in [3.05, 3.63) is 28.8 Å². The van der Waals surface area contributed by atoms with Crippen LogP contribution < -0.4 is 4.74 Å². The summed E-state index contributed by atoms with van der Waals surface area (Å²) in [5.41, 5.74) is 2.87. The Morgan fingerprint density at radius 1 is 1.11 bits per heavy atom. The smallest absolute Gasteiger partial charge is 0.410 e. The lowest BCUT2D eigenvalue weighted by Gasteiger charge is -2.52. The highest BCUT2D eigenvalue weighted by Gasteiger charge is 2.57. The number of alkyl halides is 5. The highest BCUT2D eigenvalue weighted by molar-refractivity contribution is 7.84. The molecule has 0 bridgehead atoms. The lowest BCUT2D eigenvalue weighted by molar-refractivity contribution is -0.284. The summed E-state index contributed by atoms with van der Waals surface area (Å²) >= 11 is 0. The summed E-state index contributed by atoms with van der Waals surface area (Å²) in [6.07, 6.45) is -2.75. The molecule has 44 heavy (non-hydrogen) atoms. The zero-order valence-corrected chi connectivity index (χ0v) is 26.2. The molecule has 1 unspecified atom stereocenters. The number of hydrogen-bond acceptors (Lipinski definition) is 5. The largest absolute Gasteiger partial charge is 0.453 e. The lowest BCUT2D eigenvalue weighted by atomic mass is 9.52. The summed E-state index contributed by atoms with van der Waals surface area (Å²) in [5, 5.41) is 0. The van der Waals surface area contributed by atoms with Gasteiger partial charge in [0.2, 0.25) is 0 Å². The SMILES string of the molecule is Cc1cc2c(cc1OC(=O)N1CCOCC1)C[C@@H](CCCS(=O)CCCC(F)(F)C(F)(F)F)[C@@H]1[C@@H]2CC[C@]2(C)C(=O)CC[C@@H]12. The number of Topliss-reactive ketones (excluding diaryl/α,β-unsaturated/α-hetero) is 1. The number of amides is 1. The van der Waals surface area contributed by atoms with Crippen LogP contribution in [0.1, 0.15) is 80.9 Å². The number of ether oxygens (including phenoxy) is 2. The molecule has 4 aliphatic rings. The second-order valence-corrected chi connectivity index (χ2v) is 14.9. The van der Waals surface area contributed by atoms with Gasteiger partial charge in [-0.05, 0) is 98.3 Å². The molecule has 0 N–H and O–H groups in total. The maximum absolute atomic E-state index is 13.3. The van der Waals surface area contributed by atoms with Crippen molar-refractivity contribution in [3.63, 3.8) is 0 Å². The second-order valence-electron chi connectivity index (χ2n) is 13.3. The van der Waals surface area contributed by atoms with Gasteiger partial charge in [0, 0.05) is 53.7 Å². The Morgan fingerprint density at radius 2 is 1.82 bits per heavy atom. The monoisotopic (exact) mass is 647 g/mol. The van der Waals surface area contributed by atoms with E-state index in [1.54, 1.807) is 4.90 Å². The van der Waals surface area contributed by atoms with Crippen LogP contribution in [-0.2, 0) is 26.8 Å². The van der Waals surface area contributed by atoms with Crippen molar-refractivity contribution in [3.8, 4) is 5.75 Å². The molecule has 246 valence electrons. The van der Waals surface area contributed by atoms with Gasteiger partial charge in [0.25, 0.3) is 0 Å². The highest BCUT2D eigenvalue weighted by Crippen LogP contribution is 2.61. The van der Waals surface area contributed by atoms with Crippen molar-refractivity contribution in [2.24, 2.45) is 23.2 Å². The van der Waals surface area contributed by atoms with E-state index in [9.17, 15) is 35.8 Å². The molecule has 0 radical (unpaired) electrons. The summed E-state index contributed by atoms with van der Waals surface area (Å²) in [5.74, 6) is -2.98. The fourth-order valence-electron chi connectivity index (χ4n) is 8.20. The van der Waals surface area contributed by atoms with Gasteiger partial charge in [-0.3, -0.25) is 9.00 Å². The third kappa shape index (κ3) is 6.71. The van der Waals surface area contributed by atoms with Crippen LogP contribution in [0.5, 0.6) is 5.75 Å². The Kier molecular flexibility index (Phi) is 9.81. The maximum Gasteiger partial charge on any atom is 0.453 e. The maximum atomic E-state index is 13.3. The summed E-state index contributed by atoms with van der Waals surface area (Å²) < 4.78 is 87.7. The number of carbonyl (C=O) groups excluding carboxylic acids is 2. The molecule has 6 nitrogen and oxygen atoms in total. The number of carbonyl (C=O) groups is 2. The van der Waals surface area contributed by atoms with E-state index in [1.807, 2.05) is 13.0 Å². The van der Waals surface area contributed by atoms with Crippen LogP contribution >= 0.6 is 0 Å². The first-order valence-corrected chi connectivity index (χ1v) is 17.2. The van der Waals surface area contributed by atoms with Crippen LogP contribution in [0.2, 0.25) is 0 Å². The van der Waals surface area contributed by atoms with E-state index in [-0.39, 0.29) is 40.6 Å². The Bertz CT molecular complexity index is 1270. The van der Waals surface area contributed by atoms with Crippen LogP contribution in [0.15, 0.2) is 12.1 Å². The first kappa shape index (κ1) is 33.3. The molecule has 1 heterocycles. The second kappa shape index (κ2) is 13.0. The molecule has 1 saturated heterocycles. The topological polar surface area (TPSA) is 72.9 Å². The van der Waals surface area contributed by atoms with Gasteiger partial charge in [0.05, 0.1) is 13.2 Å². The Hall–Kier alpha value is -2.08. The third-order valence-electron chi connectivity index (χ3n) is 10.6. The van der Waals surface area contributed by atoms with E-state index >= 15 is 0 Å². The summed E-state index contributed by atoms with van der Waals surface area (Å²) in [6.45, 7) is 5.92. The Morgan fingerprint density at radius 3 is 2.52 bits per heavy atom. The number of benzene rings is 1. The number of rotatable bonds is 9. The molecule has 3 fully saturated rings. The molecule has 12 heteroatoms. The minimum Gasteiger partial charge on any atom is -0.410 e. The number of morpholine rings is 1. The first-order chi connectivity index (χ1) is 20.7. The molecule has 0 spiro atoms. The number of hydrogen-bond donors (Lipinski definition) is 0. The number of nitrogens with zero attached hydrogens (tertiary/aromatic N) is 1. The first-order valence-electron chi connectivity index (χ1n) is 15.7. The van der Waals surface area contributed by atoms with Crippen LogP contribution in [0.25, 0.3) is 0 Å². The van der Waals surface area contributed by atoms with Crippen molar-refractivity contribution >= 4 is 22.7 Å². The van der Waals surface area contributed by atoms with Gasteiger partial charge in [-0.1, -0.05) is 13.0 Å². The molecule has 0 aromatic heterocycles. The van der Waals surface area contributed by atoms with E-state index in [1.165, 1.54) is 5.56 Å². The van der Waals surface area contributed by atoms with Crippen molar-refractivity contribution in [2.45, 2.75) is 89.7 Å². The van der Waals surface area contributed by atoms with Gasteiger partial charge < -0.3 is 14.4 Å². The fourth-order valence-corrected chi connectivity index (χ4v) is 9.35. The van der Waals surface area contributed by atoms with E-state index in [0.29, 0.717) is 63.5 Å². The highest BCUT2D eigenvalue weighted by atomic mass is 32.2. The number of halogens is 5. The molecule has 1 amide bonds. The number of fused-ring (bicyclic) bond motifs is 5. The Labute approximate surface area is 257 Å². The van der Waals surface area contributed by atoms with Crippen LogP contribution in [0.3, 0.4) is 0 Å². The van der Waals surface area contributed by atoms with Crippen molar-refractivity contribution in [1.82, 2.24) is 4.90 Å². The zero-order chi connectivity index (χ0) is 31.9. The minimum atomic E-state index is -5.60. The third-order valence-corrected chi connectivity index (χ3v) is 12.1.